The van der Waals surface area contributed by atoms with Crippen molar-refractivity contribution in [1.82, 2.24) is 10.2 Å². The quantitative estimate of drug-likeness (QED) is 0.700. The fourth-order valence-electron chi connectivity index (χ4n) is 4.58. The Labute approximate surface area is 205 Å². The first-order chi connectivity index (χ1) is 16.6. The van der Waals surface area contributed by atoms with E-state index in [1.54, 1.807) is 51.0 Å². The van der Waals surface area contributed by atoms with Gasteiger partial charge in [0.15, 0.2) is 5.78 Å². The van der Waals surface area contributed by atoms with Crippen molar-refractivity contribution in [3.63, 3.8) is 0 Å². The van der Waals surface area contributed by atoms with Crippen LogP contribution in [0.5, 0.6) is 11.5 Å². The van der Waals surface area contributed by atoms with E-state index in [0.717, 1.165) is 5.56 Å². The maximum absolute atomic E-state index is 13.6. The number of alkyl carbamates (subject to hydrolysis) is 1. The SMILES string of the molecule is COc1ccc2c(c1)C(=O)CC1(CCN(C(=O)C(Cc3ccccc3)NC(=O)OC(C)(C)C)C1)O2. The fourth-order valence-corrected chi connectivity index (χ4v) is 4.58. The Bertz CT molecular complexity index is 1110. The zero-order chi connectivity index (χ0) is 25.2. The van der Waals surface area contributed by atoms with Gasteiger partial charge in [-0.3, -0.25) is 9.59 Å². The molecule has 1 saturated heterocycles. The number of fused-ring (bicyclic) bond motifs is 1. The summed E-state index contributed by atoms with van der Waals surface area (Å²) in [6, 6.07) is 13.9. The summed E-state index contributed by atoms with van der Waals surface area (Å²) < 4.78 is 16.9. The highest BCUT2D eigenvalue weighted by Gasteiger charge is 2.48. The Morgan fingerprint density at radius 1 is 1.17 bits per heavy atom. The molecule has 2 aliphatic rings. The predicted octanol–water partition coefficient (Wildman–Crippen LogP) is 3.77. The van der Waals surface area contributed by atoms with Gasteiger partial charge in [0.1, 0.15) is 28.7 Å². The number of likely N-dealkylation sites (tertiary alicyclic amines) is 1. The van der Waals surface area contributed by atoms with E-state index in [-0.39, 0.29) is 24.7 Å². The maximum Gasteiger partial charge on any atom is 0.408 e. The smallest absolute Gasteiger partial charge is 0.408 e. The van der Waals surface area contributed by atoms with Crippen LogP contribution in [0.2, 0.25) is 0 Å². The largest absolute Gasteiger partial charge is 0.497 e. The van der Waals surface area contributed by atoms with Crippen molar-refractivity contribution in [2.75, 3.05) is 20.2 Å². The van der Waals surface area contributed by atoms with Crippen molar-refractivity contribution in [3.05, 3.63) is 59.7 Å². The Balaban J connectivity index is 1.50. The number of ether oxygens (including phenoxy) is 3. The molecule has 2 aliphatic heterocycles. The highest BCUT2D eigenvalue weighted by Crippen LogP contribution is 2.40. The zero-order valence-electron chi connectivity index (χ0n) is 20.6. The standard InChI is InChI=1S/C27H32N2O6/c1-26(2,3)35-25(32)28-21(14-18-8-6-5-7-9-18)24(31)29-13-12-27(17-29)16-22(30)20-15-19(33-4)10-11-23(20)34-27/h5-11,15,21H,12-14,16-17H2,1-4H3,(H,28,32). The van der Waals surface area contributed by atoms with Crippen LogP contribution in [-0.2, 0) is 16.0 Å². The second kappa shape index (κ2) is 9.60. The second-order valence-corrected chi connectivity index (χ2v) is 10.1. The number of nitrogens with one attached hydrogen (secondary N) is 1. The molecule has 2 heterocycles. The molecule has 1 fully saturated rings. The number of Topliss-reactive ketones (excluding diaryl/α,β-unsaturated/α-hetero) is 1. The van der Waals surface area contributed by atoms with Crippen LogP contribution in [0.1, 0.15) is 49.5 Å². The van der Waals surface area contributed by atoms with Gasteiger partial charge in [0, 0.05) is 19.4 Å². The maximum atomic E-state index is 13.6. The van der Waals surface area contributed by atoms with E-state index in [2.05, 4.69) is 5.32 Å². The van der Waals surface area contributed by atoms with Gasteiger partial charge in [-0.2, -0.15) is 0 Å². The Morgan fingerprint density at radius 3 is 2.60 bits per heavy atom. The molecule has 8 nitrogen and oxygen atoms in total. The number of rotatable bonds is 5. The first kappa shape index (κ1) is 24.6. The minimum Gasteiger partial charge on any atom is -0.497 e. The molecule has 1 N–H and O–H groups in total. The number of hydrogen-bond donors (Lipinski definition) is 1. The van der Waals surface area contributed by atoms with Crippen LogP contribution in [0.25, 0.3) is 0 Å². The first-order valence-corrected chi connectivity index (χ1v) is 11.8. The number of carbonyl (C=O) groups is 3. The molecule has 2 amide bonds. The fraction of sp³-hybridized carbons (Fsp3) is 0.444. The van der Waals surface area contributed by atoms with Crippen molar-refractivity contribution in [1.29, 1.82) is 0 Å². The Kier molecular flexibility index (Phi) is 6.74. The summed E-state index contributed by atoms with van der Waals surface area (Å²) in [6.45, 7) is 6.02. The van der Waals surface area contributed by atoms with Gasteiger partial charge in [-0.25, -0.2) is 4.79 Å². The first-order valence-electron chi connectivity index (χ1n) is 11.8. The number of ketones is 1. The van der Waals surface area contributed by atoms with E-state index in [4.69, 9.17) is 14.2 Å². The van der Waals surface area contributed by atoms with Crippen molar-refractivity contribution >= 4 is 17.8 Å². The number of methoxy groups -OCH3 is 1. The molecule has 8 heteroatoms. The van der Waals surface area contributed by atoms with Gasteiger partial charge in [-0.1, -0.05) is 30.3 Å². The van der Waals surface area contributed by atoms with Crippen LogP contribution >= 0.6 is 0 Å². The van der Waals surface area contributed by atoms with Gasteiger partial charge in [-0.05, 0) is 44.5 Å². The summed E-state index contributed by atoms with van der Waals surface area (Å²) in [5.74, 6) is 0.834. The number of hydrogen-bond acceptors (Lipinski definition) is 6. The lowest BCUT2D eigenvalue weighted by atomic mass is 9.89. The summed E-state index contributed by atoms with van der Waals surface area (Å²) in [7, 11) is 1.55. The van der Waals surface area contributed by atoms with Crippen molar-refractivity contribution in [3.8, 4) is 11.5 Å². The third-order valence-electron chi connectivity index (χ3n) is 6.20. The van der Waals surface area contributed by atoms with Crippen LogP contribution < -0.4 is 14.8 Å². The van der Waals surface area contributed by atoms with Crippen LogP contribution in [0.3, 0.4) is 0 Å². The summed E-state index contributed by atoms with van der Waals surface area (Å²) in [6.07, 6.45) is 0.387. The van der Waals surface area contributed by atoms with Gasteiger partial charge in [-0.15, -0.1) is 0 Å². The molecule has 0 bridgehead atoms. The van der Waals surface area contributed by atoms with E-state index >= 15 is 0 Å². The number of carbonyl (C=O) groups excluding carboxylic acids is 3. The summed E-state index contributed by atoms with van der Waals surface area (Å²) >= 11 is 0. The van der Waals surface area contributed by atoms with Crippen molar-refractivity contribution in [2.24, 2.45) is 0 Å². The van der Waals surface area contributed by atoms with Crippen LogP contribution in [0.15, 0.2) is 48.5 Å². The minimum atomic E-state index is -0.807. The Hall–Kier alpha value is -3.55. The normalized spacial score (nSPS) is 20.1. The molecule has 0 saturated carbocycles. The van der Waals surface area contributed by atoms with Gasteiger partial charge in [0.25, 0.3) is 0 Å². The molecule has 35 heavy (non-hydrogen) atoms. The molecule has 0 aliphatic carbocycles. The van der Waals surface area contributed by atoms with E-state index < -0.39 is 23.3 Å². The highest BCUT2D eigenvalue weighted by molar-refractivity contribution is 6.01. The molecule has 2 aromatic carbocycles. The summed E-state index contributed by atoms with van der Waals surface area (Å²) in [5.41, 5.74) is -0.0532. The lowest BCUT2D eigenvalue weighted by Gasteiger charge is -2.35. The van der Waals surface area contributed by atoms with Gasteiger partial charge in [0.2, 0.25) is 5.91 Å². The van der Waals surface area contributed by atoms with Crippen molar-refractivity contribution < 1.29 is 28.6 Å². The summed E-state index contributed by atoms with van der Waals surface area (Å²) in [4.78, 5) is 40.7. The molecular weight excluding hydrogens is 448 g/mol. The number of amides is 2. The zero-order valence-corrected chi connectivity index (χ0v) is 20.6. The van der Waals surface area contributed by atoms with Crippen LogP contribution in [-0.4, -0.2) is 60.1 Å². The molecule has 2 unspecified atom stereocenters. The minimum absolute atomic E-state index is 0.0350. The summed E-state index contributed by atoms with van der Waals surface area (Å²) in [5, 5.41) is 2.75. The molecule has 2 atom stereocenters. The monoisotopic (exact) mass is 480 g/mol. The van der Waals surface area contributed by atoms with Gasteiger partial charge < -0.3 is 24.4 Å². The molecule has 4 rings (SSSR count). The molecule has 1 spiro atoms. The molecule has 0 aromatic heterocycles. The third-order valence-corrected chi connectivity index (χ3v) is 6.20. The third kappa shape index (κ3) is 5.75. The van der Waals surface area contributed by atoms with Crippen LogP contribution in [0, 0.1) is 0 Å². The van der Waals surface area contributed by atoms with E-state index in [9.17, 15) is 14.4 Å². The van der Waals surface area contributed by atoms with E-state index in [0.29, 0.717) is 36.4 Å². The predicted molar refractivity (Wildman–Crippen MR) is 130 cm³/mol. The number of nitrogens with zero attached hydrogens (tertiary/aromatic N) is 1. The Morgan fingerprint density at radius 2 is 1.91 bits per heavy atom. The topological polar surface area (TPSA) is 94.2 Å². The average molecular weight is 481 g/mol. The van der Waals surface area contributed by atoms with Gasteiger partial charge in [0.05, 0.1) is 25.6 Å². The van der Waals surface area contributed by atoms with Crippen molar-refractivity contribution in [2.45, 2.75) is 57.3 Å². The molecule has 186 valence electrons. The molecular formula is C27H32N2O6. The van der Waals surface area contributed by atoms with E-state index in [1.807, 2.05) is 30.3 Å². The molecule has 2 aromatic rings. The van der Waals surface area contributed by atoms with E-state index in [1.165, 1.54) is 0 Å². The average Bonchev–Trinajstić information content (AvgIpc) is 3.20. The highest BCUT2D eigenvalue weighted by atomic mass is 16.6. The number of benzene rings is 2. The van der Waals surface area contributed by atoms with Gasteiger partial charge >= 0.3 is 6.09 Å². The second-order valence-electron chi connectivity index (χ2n) is 10.1. The lowest BCUT2D eigenvalue weighted by molar-refractivity contribution is -0.133. The molecule has 0 radical (unpaired) electrons. The van der Waals surface area contributed by atoms with Crippen LogP contribution in [0.4, 0.5) is 4.79 Å². The lowest BCUT2D eigenvalue weighted by Crippen LogP contribution is -2.52.